The fourth-order valence-electron chi connectivity index (χ4n) is 2.44. The third-order valence-corrected chi connectivity index (χ3v) is 3.61. The Morgan fingerprint density at radius 1 is 1.26 bits per heavy atom. The molecule has 1 aromatic carbocycles. The first kappa shape index (κ1) is 15.2. The molecule has 1 fully saturated rings. The molecule has 0 amide bonds. The lowest BCUT2D eigenvalue weighted by Gasteiger charge is -2.27. The van der Waals surface area contributed by atoms with E-state index in [0.29, 0.717) is 43.7 Å². The van der Waals surface area contributed by atoms with Crippen molar-refractivity contribution in [2.45, 2.75) is 0 Å². The fourth-order valence-corrected chi connectivity index (χ4v) is 2.44. The van der Waals surface area contributed by atoms with E-state index in [1.54, 1.807) is 7.11 Å². The van der Waals surface area contributed by atoms with Gasteiger partial charge in [-0.25, -0.2) is 14.8 Å². The maximum atomic E-state index is 11.4. The number of carboxylic acids is 1. The van der Waals surface area contributed by atoms with E-state index >= 15 is 0 Å². The number of anilines is 1. The number of rotatable bonds is 4. The second kappa shape index (κ2) is 6.62. The average Bonchev–Trinajstić information content (AvgIpc) is 2.62. The number of nitrogens with zero attached hydrogens (tertiary/aromatic N) is 3. The highest BCUT2D eigenvalue weighted by Crippen LogP contribution is 2.29. The molecule has 120 valence electrons. The Morgan fingerprint density at radius 2 is 2.00 bits per heavy atom. The Hall–Kier alpha value is -2.67. The van der Waals surface area contributed by atoms with Crippen molar-refractivity contribution < 1.29 is 19.4 Å². The molecule has 0 unspecified atom stereocenters. The van der Waals surface area contributed by atoms with Gasteiger partial charge in [0.1, 0.15) is 5.75 Å². The molecule has 0 spiro atoms. The van der Waals surface area contributed by atoms with Crippen LogP contribution in [0.3, 0.4) is 0 Å². The zero-order valence-corrected chi connectivity index (χ0v) is 12.7. The van der Waals surface area contributed by atoms with Gasteiger partial charge in [-0.2, -0.15) is 0 Å². The lowest BCUT2D eigenvalue weighted by atomic mass is 10.1. The number of para-hydroxylation sites is 1. The minimum absolute atomic E-state index is 0.0394. The highest BCUT2D eigenvalue weighted by Gasteiger charge is 2.19. The van der Waals surface area contributed by atoms with E-state index in [1.807, 2.05) is 29.2 Å². The molecule has 2 aromatic rings. The molecule has 1 N–H and O–H groups in total. The molecule has 23 heavy (non-hydrogen) atoms. The predicted molar refractivity (Wildman–Crippen MR) is 84.0 cm³/mol. The highest BCUT2D eigenvalue weighted by molar-refractivity contribution is 5.87. The molecular formula is C16H17N3O4. The van der Waals surface area contributed by atoms with Crippen molar-refractivity contribution in [1.82, 2.24) is 9.97 Å². The molecule has 1 saturated heterocycles. The molecule has 0 bridgehead atoms. The SMILES string of the molecule is COc1ccccc1-c1cc(C(=O)O)nc(N2CCOCC2)n1. The van der Waals surface area contributed by atoms with Gasteiger partial charge < -0.3 is 19.5 Å². The van der Waals surface area contributed by atoms with Crippen LogP contribution in [0.4, 0.5) is 5.95 Å². The maximum absolute atomic E-state index is 11.4. The van der Waals surface area contributed by atoms with Crippen molar-refractivity contribution in [1.29, 1.82) is 0 Å². The number of methoxy groups -OCH3 is 1. The van der Waals surface area contributed by atoms with Gasteiger partial charge in [-0.3, -0.25) is 0 Å². The van der Waals surface area contributed by atoms with Crippen molar-refractivity contribution in [2.75, 3.05) is 38.3 Å². The van der Waals surface area contributed by atoms with E-state index in [0.717, 1.165) is 5.56 Å². The highest BCUT2D eigenvalue weighted by atomic mass is 16.5. The minimum atomic E-state index is -1.09. The summed E-state index contributed by atoms with van der Waals surface area (Å²) in [5.41, 5.74) is 1.22. The molecule has 1 aromatic heterocycles. The standard InChI is InChI=1S/C16H17N3O4/c1-22-14-5-3-2-4-11(14)12-10-13(15(20)21)18-16(17-12)19-6-8-23-9-7-19/h2-5,10H,6-9H2,1H3,(H,20,21). The van der Waals surface area contributed by atoms with Crippen molar-refractivity contribution in [2.24, 2.45) is 0 Å². The smallest absolute Gasteiger partial charge is 0.354 e. The summed E-state index contributed by atoms with van der Waals surface area (Å²) in [4.78, 5) is 22.0. The lowest BCUT2D eigenvalue weighted by Crippen LogP contribution is -2.37. The van der Waals surface area contributed by atoms with Crippen LogP contribution in [0.15, 0.2) is 30.3 Å². The second-order valence-corrected chi connectivity index (χ2v) is 5.04. The van der Waals surface area contributed by atoms with Gasteiger partial charge in [-0.15, -0.1) is 0 Å². The molecule has 2 heterocycles. The van der Waals surface area contributed by atoms with Crippen LogP contribution in [-0.4, -0.2) is 54.5 Å². The Labute approximate surface area is 133 Å². The van der Waals surface area contributed by atoms with Gasteiger partial charge in [-0.1, -0.05) is 12.1 Å². The van der Waals surface area contributed by atoms with Crippen LogP contribution < -0.4 is 9.64 Å². The predicted octanol–water partition coefficient (Wildman–Crippen LogP) is 1.69. The van der Waals surface area contributed by atoms with Gasteiger partial charge in [0.15, 0.2) is 5.69 Å². The minimum Gasteiger partial charge on any atom is -0.496 e. The van der Waals surface area contributed by atoms with E-state index in [-0.39, 0.29) is 5.69 Å². The third-order valence-electron chi connectivity index (χ3n) is 3.61. The summed E-state index contributed by atoms with van der Waals surface area (Å²) in [6, 6.07) is 8.83. The number of benzene rings is 1. The molecule has 0 atom stereocenters. The zero-order valence-electron chi connectivity index (χ0n) is 12.7. The first-order chi connectivity index (χ1) is 11.2. The number of aromatic carboxylic acids is 1. The van der Waals surface area contributed by atoms with Crippen LogP contribution >= 0.6 is 0 Å². The summed E-state index contributed by atoms with van der Waals surface area (Å²) in [7, 11) is 1.57. The Kier molecular flexibility index (Phi) is 4.38. The topological polar surface area (TPSA) is 84.8 Å². The van der Waals surface area contributed by atoms with Gasteiger partial charge in [0.25, 0.3) is 0 Å². The van der Waals surface area contributed by atoms with Crippen LogP contribution in [0, 0.1) is 0 Å². The van der Waals surface area contributed by atoms with Crippen LogP contribution in [0.2, 0.25) is 0 Å². The number of morpholine rings is 1. The van der Waals surface area contributed by atoms with Crippen LogP contribution in [0.5, 0.6) is 5.75 Å². The number of hydrogen-bond donors (Lipinski definition) is 1. The van der Waals surface area contributed by atoms with E-state index in [4.69, 9.17) is 9.47 Å². The van der Waals surface area contributed by atoms with E-state index < -0.39 is 5.97 Å². The van der Waals surface area contributed by atoms with Crippen LogP contribution in [0.1, 0.15) is 10.5 Å². The quantitative estimate of drug-likeness (QED) is 0.919. The summed E-state index contributed by atoms with van der Waals surface area (Å²) in [6.07, 6.45) is 0. The van der Waals surface area contributed by atoms with Crippen molar-refractivity contribution in [3.05, 3.63) is 36.0 Å². The monoisotopic (exact) mass is 315 g/mol. The van der Waals surface area contributed by atoms with Gasteiger partial charge in [-0.05, 0) is 18.2 Å². The van der Waals surface area contributed by atoms with Crippen LogP contribution in [-0.2, 0) is 4.74 Å². The normalized spacial score (nSPS) is 14.6. The summed E-state index contributed by atoms with van der Waals surface area (Å²) in [6.45, 7) is 2.41. The first-order valence-electron chi connectivity index (χ1n) is 7.27. The summed E-state index contributed by atoms with van der Waals surface area (Å²) < 4.78 is 10.7. The Morgan fingerprint density at radius 3 is 2.70 bits per heavy atom. The number of aromatic nitrogens is 2. The first-order valence-corrected chi connectivity index (χ1v) is 7.27. The molecule has 3 rings (SSSR count). The van der Waals surface area contributed by atoms with E-state index in [2.05, 4.69) is 9.97 Å². The van der Waals surface area contributed by atoms with E-state index in [9.17, 15) is 9.90 Å². The van der Waals surface area contributed by atoms with E-state index in [1.165, 1.54) is 6.07 Å². The summed E-state index contributed by atoms with van der Waals surface area (Å²) >= 11 is 0. The maximum Gasteiger partial charge on any atom is 0.354 e. The van der Waals surface area contributed by atoms with Crippen molar-refractivity contribution >= 4 is 11.9 Å². The largest absolute Gasteiger partial charge is 0.496 e. The fraction of sp³-hybridized carbons (Fsp3) is 0.312. The van der Waals surface area contributed by atoms with Gasteiger partial charge >= 0.3 is 5.97 Å². The number of hydrogen-bond acceptors (Lipinski definition) is 6. The van der Waals surface area contributed by atoms with Crippen molar-refractivity contribution in [3.8, 4) is 17.0 Å². The van der Waals surface area contributed by atoms with Crippen molar-refractivity contribution in [3.63, 3.8) is 0 Å². The summed E-state index contributed by atoms with van der Waals surface area (Å²) in [5, 5.41) is 9.34. The molecule has 0 radical (unpaired) electrons. The molecular weight excluding hydrogens is 298 g/mol. The molecule has 7 heteroatoms. The lowest BCUT2D eigenvalue weighted by molar-refractivity contribution is 0.0690. The van der Waals surface area contributed by atoms with Gasteiger partial charge in [0, 0.05) is 18.7 Å². The molecule has 0 aliphatic carbocycles. The molecule has 1 aliphatic rings. The van der Waals surface area contributed by atoms with Gasteiger partial charge in [0.05, 0.1) is 26.0 Å². The van der Waals surface area contributed by atoms with Gasteiger partial charge in [0.2, 0.25) is 5.95 Å². The van der Waals surface area contributed by atoms with Crippen LogP contribution in [0.25, 0.3) is 11.3 Å². The average molecular weight is 315 g/mol. The molecule has 7 nitrogen and oxygen atoms in total. The second-order valence-electron chi connectivity index (χ2n) is 5.04. The Balaban J connectivity index is 2.08. The summed E-state index contributed by atoms with van der Waals surface area (Å²) in [5.74, 6) is -0.0531. The zero-order chi connectivity index (χ0) is 16.2. The number of ether oxygens (including phenoxy) is 2. The number of carboxylic acid groups (broad SMARTS) is 1. The number of carbonyl (C=O) groups is 1. The Bertz CT molecular complexity index is 714. The molecule has 1 aliphatic heterocycles. The third kappa shape index (κ3) is 3.24. The molecule has 0 saturated carbocycles.